The van der Waals surface area contributed by atoms with E-state index >= 15 is 0 Å². The summed E-state index contributed by atoms with van der Waals surface area (Å²) in [5.74, 6) is -0.587. The number of carbonyl (C=O) groups is 2. The van der Waals surface area contributed by atoms with Crippen LogP contribution in [0.2, 0.25) is 0 Å². The minimum atomic E-state index is -0.770. The van der Waals surface area contributed by atoms with E-state index in [4.69, 9.17) is 14.6 Å². The van der Waals surface area contributed by atoms with Gasteiger partial charge in [-0.25, -0.2) is 0 Å². The van der Waals surface area contributed by atoms with Crippen molar-refractivity contribution in [3.63, 3.8) is 0 Å². The van der Waals surface area contributed by atoms with Crippen LogP contribution < -0.4 is 0 Å². The lowest BCUT2D eigenvalue weighted by molar-refractivity contribution is -0.171. The van der Waals surface area contributed by atoms with Gasteiger partial charge in [0.15, 0.2) is 5.78 Å². The van der Waals surface area contributed by atoms with Gasteiger partial charge in [0, 0.05) is 30.3 Å². The Morgan fingerprint density at radius 2 is 1.38 bits per heavy atom. The lowest BCUT2D eigenvalue weighted by Crippen LogP contribution is -2.44. The van der Waals surface area contributed by atoms with Crippen molar-refractivity contribution in [2.45, 2.75) is 169 Å². The predicted octanol–water partition coefficient (Wildman–Crippen LogP) is 8.05. The van der Waals surface area contributed by atoms with E-state index in [9.17, 15) is 24.9 Å². The summed E-state index contributed by atoms with van der Waals surface area (Å²) in [7, 11) is 0. The molecule has 0 saturated carbocycles. The van der Waals surface area contributed by atoms with Crippen LogP contribution in [0, 0.1) is 41.4 Å². The summed E-state index contributed by atoms with van der Waals surface area (Å²) in [6, 6.07) is 0. The van der Waals surface area contributed by atoms with Crippen LogP contribution in [0.5, 0.6) is 0 Å². The molecule has 2 heterocycles. The molecular formula is C39H68O8. The van der Waals surface area contributed by atoms with Crippen LogP contribution in [-0.4, -0.2) is 67.8 Å². The Morgan fingerprint density at radius 1 is 0.787 bits per heavy atom. The van der Waals surface area contributed by atoms with Gasteiger partial charge in [-0.1, -0.05) is 60.6 Å². The topological polar surface area (TPSA) is 134 Å². The second-order valence-electron chi connectivity index (χ2n) is 16.3. The number of ether oxygens (including phenoxy) is 2. The average Bonchev–Trinajstić information content (AvgIpc) is 3.56. The first-order chi connectivity index (χ1) is 21.8. The molecule has 0 aromatic rings. The number of carboxylic acid groups (broad SMARTS) is 1. The van der Waals surface area contributed by atoms with Crippen molar-refractivity contribution < 1.29 is 39.5 Å². The fraction of sp³-hybridized carbons (Fsp3) is 0.846. The van der Waals surface area contributed by atoms with E-state index < -0.39 is 29.4 Å². The number of hydrogen-bond donors (Lipinski definition) is 4. The Hall–Kier alpha value is -1.74. The number of rotatable bonds is 20. The van der Waals surface area contributed by atoms with Gasteiger partial charge in [0.25, 0.3) is 0 Å². The zero-order valence-electron chi connectivity index (χ0n) is 31.1. The lowest BCUT2D eigenvalue weighted by Gasteiger charge is -2.35. The number of aliphatic hydroxyl groups excluding tert-OH is 3. The average molecular weight is 665 g/mol. The Balaban J connectivity index is 1.75. The van der Waals surface area contributed by atoms with Gasteiger partial charge in [-0.15, -0.1) is 0 Å². The molecule has 0 radical (unpaired) electrons. The first-order valence-electron chi connectivity index (χ1n) is 18.3. The van der Waals surface area contributed by atoms with E-state index in [1.807, 2.05) is 27.7 Å². The molecule has 8 nitrogen and oxygen atoms in total. The fourth-order valence-corrected chi connectivity index (χ4v) is 7.64. The van der Waals surface area contributed by atoms with Gasteiger partial charge >= 0.3 is 5.97 Å². The third kappa shape index (κ3) is 12.9. The molecular weight excluding hydrogens is 596 g/mol. The second kappa shape index (κ2) is 18.3. The summed E-state index contributed by atoms with van der Waals surface area (Å²) in [6.07, 6.45) is 12.2. The lowest BCUT2D eigenvalue weighted by atomic mass is 9.84. The molecule has 2 aliphatic heterocycles. The minimum Gasteiger partial charge on any atom is -0.512 e. The Morgan fingerprint density at radius 3 is 1.96 bits per heavy atom. The molecule has 0 aromatic heterocycles. The Labute approximate surface area is 285 Å². The second-order valence-corrected chi connectivity index (χ2v) is 16.3. The van der Waals surface area contributed by atoms with Crippen molar-refractivity contribution in [2.24, 2.45) is 41.4 Å². The first kappa shape index (κ1) is 41.4. The number of ketones is 1. The molecule has 0 aromatic carbocycles. The van der Waals surface area contributed by atoms with Gasteiger partial charge in [-0.2, -0.15) is 0 Å². The standard InChI is InChI=1S/C39H68O8/c1-24(19-28(5)34(42)23-35(43)29(6)20-25(2)18-26(3)21-30(7)37(44)45)12-11-13-27(4)33(41)22-32-14-16-39(10,46-32)36-15-17-38(9,47-36)31(8)40/h11,13,23-33,36,40-42H,12,14-22H2,1-10H3,(H,44,45)/b13-11+,34-23-/t24-,25+,26+,27+,28-,29+,30+,31-,32?,33+,36?,38?,39?/m1/s1. The number of aliphatic hydroxyl groups is 3. The van der Waals surface area contributed by atoms with Gasteiger partial charge in [-0.3, -0.25) is 9.59 Å². The SMILES string of the molecule is C[C@H](C/C=C/[C@H](C)[C@@H](O)CC1CCC(C)(C2CCC(C)([C@@H](C)O)O2)O1)C[C@@H](C)/C(O)=C/C(=O)[C@@H](C)C[C@@H](C)C[C@H](C)C[C@H](C)C(=O)O. The van der Waals surface area contributed by atoms with Crippen LogP contribution >= 0.6 is 0 Å². The van der Waals surface area contributed by atoms with Gasteiger partial charge in [0.05, 0.1) is 47.3 Å². The largest absolute Gasteiger partial charge is 0.512 e. The Kier molecular flexibility index (Phi) is 16.1. The zero-order chi connectivity index (χ0) is 35.7. The maximum absolute atomic E-state index is 12.8. The van der Waals surface area contributed by atoms with Crippen LogP contribution in [0.15, 0.2) is 24.0 Å². The molecule has 272 valence electrons. The number of carboxylic acids is 1. The quantitative estimate of drug-likeness (QED) is 0.0584. The van der Waals surface area contributed by atoms with Crippen molar-refractivity contribution >= 4 is 11.8 Å². The summed E-state index contributed by atoms with van der Waals surface area (Å²) in [5, 5.41) is 40.9. The van der Waals surface area contributed by atoms with Crippen LogP contribution in [0.25, 0.3) is 0 Å². The van der Waals surface area contributed by atoms with E-state index in [0.29, 0.717) is 25.2 Å². The van der Waals surface area contributed by atoms with E-state index in [2.05, 4.69) is 39.8 Å². The van der Waals surface area contributed by atoms with E-state index in [0.717, 1.165) is 44.9 Å². The number of carbonyl (C=O) groups excluding carboxylic acids is 1. The van der Waals surface area contributed by atoms with Gasteiger partial charge in [0.1, 0.15) is 0 Å². The highest BCUT2D eigenvalue weighted by Crippen LogP contribution is 2.45. The minimum absolute atomic E-state index is 0.0188. The molecule has 4 N–H and O–H groups in total. The van der Waals surface area contributed by atoms with Crippen molar-refractivity contribution in [3.05, 3.63) is 24.0 Å². The highest BCUT2D eigenvalue weighted by molar-refractivity contribution is 5.91. The van der Waals surface area contributed by atoms with Crippen LogP contribution in [-0.2, 0) is 19.1 Å². The van der Waals surface area contributed by atoms with Gasteiger partial charge in [0.2, 0.25) is 0 Å². The summed E-state index contributed by atoms with van der Waals surface area (Å²) in [5.41, 5.74) is -0.927. The zero-order valence-corrected chi connectivity index (χ0v) is 31.1. The predicted molar refractivity (Wildman–Crippen MR) is 187 cm³/mol. The third-order valence-corrected chi connectivity index (χ3v) is 11.1. The maximum atomic E-state index is 12.8. The summed E-state index contributed by atoms with van der Waals surface area (Å²) in [4.78, 5) is 24.0. The molecule has 47 heavy (non-hydrogen) atoms. The summed E-state index contributed by atoms with van der Waals surface area (Å²) >= 11 is 0. The molecule has 4 unspecified atom stereocenters. The van der Waals surface area contributed by atoms with Crippen molar-refractivity contribution in [3.8, 4) is 0 Å². The monoisotopic (exact) mass is 664 g/mol. The Bertz CT molecular complexity index is 1050. The molecule has 2 rings (SSSR count). The number of aliphatic carboxylic acids is 1. The third-order valence-electron chi connectivity index (χ3n) is 11.1. The normalized spacial score (nSPS) is 31.2. The molecule has 13 atom stereocenters. The van der Waals surface area contributed by atoms with Crippen LogP contribution in [0.1, 0.15) is 133 Å². The highest BCUT2D eigenvalue weighted by Gasteiger charge is 2.51. The van der Waals surface area contributed by atoms with E-state index in [1.165, 1.54) is 6.08 Å². The van der Waals surface area contributed by atoms with Crippen molar-refractivity contribution in [1.29, 1.82) is 0 Å². The summed E-state index contributed by atoms with van der Waals surface area (Å²) < 4.78 is 12.8. The highest BCUT2D eigenvalue weighted by atomic mass is 16.6. The smallest absolute Gasteiger partial charge is 0.306 e. The molecule has 2 aliphatic rings. The van der Waals surface area contributed by atoms with E-state index in [1.54, 1.807) is 13.8 Å². The number of hydrogen-bond acceptors (Lipinski definition) is 7. The molecule has 2 fully saturated rings. The van der Waals surface area contributed by atoms with Crippen molar-refractivity contribution in [1.82, 2.24) is 0 Å². The first-order valence-corrected chi connectivity index (χ1v) is 18.3. The summed E-state index contributed by atoms with van der Waals surface area (Å²) in [6.45, 7) is 19.8. The molecule has 0 spiro atoms. The fourth-order valence-electron chi connectivity index (χ4n) is 7.64. The molecule has 0 amide bonds. The van der Waals surface area contributed by atoms with Gasteiger partial charge in [-0.05, 0) is 96.3 Å². The molecule has 0 bridgehead atoms. The van der Waals surface area contributed by atoms with Gasteiger partial charge < -0.3 is 29.9 Å². The number of allylic oxidation sites excluding steroid dienone is 3. The maximum Gasteiger partial charge on any atom is 0.306 e. The van der Waals surface area contributed by atoms with E-state index in [-0.39, 0.29) is 59.3 Å². The van der Waals surface area contributed by atoms with Crippen molar-refractivity contribution in [2.75, 3.05) is 0 Å². The molecule has 0 aliphatic carbocycles. The molecule has 8 heteroatoms. The molecule has 2 saturated heterocycles. The van der Waals surface area contributed by atoms with Crippen LogP contribution in [0.4, 0.5) is 0 Å². The van der Waals surface area contributed by atoms with Crippen LogP contribution in [0.3, 0.4) is 0 Å².